The standard InChI is InChI=1S/C24H32N4O3/c1-5-7-15-28(19-12-9-8-10-13-19)16-11-14-25-22-21-20(24(29)30-6-2)17(3)31-23(21)27-18(4)26-22/h8-10,12-13H,5-7,11,14-16H2,1-4H3,(H,25,26,27). The van der Waals surface area contributed by atoms with Crippen molar-refractivity contribution in [2.75, 3.05) is 36.5 Å². The molecule has 0 bridgehead atoms. The quantitative estimate of drug-likeness (QED) is 0.338. The van der Waals surface area contributed by atoms with Crippen LogP contribution in [-0.2, 0) is 4.74 Å². The molecule has 2 heterocycles. The maximum Gasteiger partial charge on any atom is 0.342 e. The van der Waals surface area contributed by atoms with Crippen LogP contribution in [0.15, 0.2) is 34.7 Å². The summed E-state index contributed by atoms with van der Waals surface area (Å²) in [5.41, 5.74) is 2.05. The van der Waals surface area contributed by atoms with Crippen molar-refractivity contribution >= 4 is 28.6 Å². The van der Waals surface area contributed by atoms with Crippen LogP contribution in [0.1, 0.15) is 55.1 Å². The smallest absolute Gasteiger partial charge is 0.342 e. The number of anilines is 2. The summed E-state index contributed by atoms with van der Waals surface area (Å²) in [5, 5.41) is 3.99. The van der Waals surface area contributed by atoms with Gasteiger partial charge in [0, 0.05) is 25.3 Å². The van der Waals surface area contributed by atoms with Gasteiger partial charge in [-0.15, -0.1) is 0 Å². The van der Waals surface area contributed by atoms with Crippen LogP contribution in [0.4, 0.5) is 11.5 Å². The molecular weight excluding hydrogens is 392 g/mol. The highest BCUT2D eigenvalue weighted by atomic mass is 16.5. The molecule has 7 heteroatoms. The lowest BCUT2D eigenvalue weighted by Gasteiger charge is -2.25. The number of carbonyl (C=O) groups excluding carboxylic acids is 1. The van der Waals surface area contributed by atoms with Gasteiger partial charge in [0.25, 0.3) is 0 Å². The number of ether oxygens (including phenoxy) is 1. The van der Waals surface area contributed by atoms with E-state index < -0.39 is 5.97 Å². The Bertz CT molecular complexity index is 1000. The number of aromatic nitrogens is 2. The van der Waals surface area contributed by atoms with Crippen LogP contribution in [0.25, 0.3) is 11.1 Å². The minimum absolute atomic E-state index is 0.299. The first-order chi connectivity index (χ1) is 15.0. The minimum atomic E-state index is -0.413. The second kappa shape index (κ2) is 10.8. The lowest BCUT2D eigenvalue weighted by Crippen LogP contribution is -2.27. The Balaban J connectivity index is 1.73. The van der Waals surface area contributed by atoms with Gasteiger partial charge in [0.15, 0.2) is 0 Å². The molecule has 7 nitrogen and oxygen atoms in total. The van der Waals surface area contributed by atoms with Gasteiger partial charge in [-0.1, -0.05) is 31.5 Å². The molecule has 0 aliphatic rings. The third-order valence-electron chi connectivity index (χ3n) is 5.12. The van der Waals surface area contributed by atoms with Gasteiger partial charge in [-0.25, -0.2) is 9.78 Å². The van der Waals surface area contributed by atoms with Crippen LogP contribution in [0.2, 0.25) is 0 Å². The second-order valence-corrected chi connectivity index (χ2v) is 7.51. The number of esters is 1. The summed E-state index contributed by atoms with van der Waals surface area (Å²) < 4.78 is 10.9. The van der Waals surface area contributed by atoms with Gasteiger partial charge in [0.2, 0.25) is 5.71 Å². The van der Waals surface area contributed by atoms with Gasteiger partial charge in [0.05, 0.1) is 12.0 Å². The molecule has 2 aromatic heterocycles. The number of hydrogen-bond acceptors (Lipinski definition) is 7. The second-order valence-electron chi connectivity index (χ2n) is 7.51. The summed E-state index contributed by atoms with van der Waals surface area (Å²) in [6.07, 6.45) is 3.25. The van der Waals surface area contributed by atoms with Gasteiger partial charge in [-0.05, 0) is 45.7 Å². The van der Waals surface area contributed by atoms with Crippen LogP contribution in [0.3, 0.4) is 0 Å². The number of fused-ring (bicyclic) bond motifs is 1. The number of hydrogen-bond donors (Lipinski definition) is 1. The normalized spacial score (nSPS) is 11.0. The van der Waals surface area contributed by atoms with E-state index >= 15 is 0 Å². The van der Waals surface area contributed by atoms with E-state index in [0.29, 0.717) is 47.2 Å². The molecule has 0 spiro atoms. The molecule has 0 radical (unpaired) electrons. The van der Waals surface area contributed by atoms with Crippen molar-refractivity contribution in [1.82, 2.24) is 9.97 Å². The fraction of sp³-hybridized carbons (Fsp3) is 0.458. The third-order valence-corrected chi connectivity index (χ3v) is 5.12. The van der Waals surface area contributed by atoms with E-state index in [4.69, 9.17) is 9.15 Å². The molecule has 3 aromatic rings. The summed E-state index contributed by atoms with van der Waals surface area (Å²) in [7, 11) is 0. The largest absolute Gasteiger partial charge is 0.462 e. The number of furan rings is 1. The molecule has 0 amide bonds. The Kier molecular flexibility index (Phi) is 7.87. The number of rotatable bonds is 11. The Hall–Kier alpha value is -3.09. The monoisotopic (exact) mass is 424 g/mol. The molecule has 0 saturated carbocycles. The van der Waals surface area contributed by atoms with Crippen LogP contribution in [0.5, 0.6) is 0 Å². The summed E-state index contributed by atoms with van der Waals surface area (Å²) in [4.78, 5) is 23.8. The van der Waals surface area contributed by atoms with Gasteiger partial charge in [0.1, 0.15) is 23.0 Å². The zero-order valence-corrected chi connectivity index (χ0v) is 18.9. The fourth-order valence-corrected chi connectivity index (χ4v) is 3.63. The predicted octanol–water partition coefficient (Wildman–Crippen LogP) is 5.13. The number of para-hydroxylation sites is 1. The van der Waals surface area contributed by atoms with Crippen molar-refractivity contribution in [2.45, 2.75) is 47.0 Å². The number of nitrogens with zero attached hydrogens (tertiary/aromatic N) is 3. The topological polar surface area (TPSA) is 80.5 Å². The zero-order valence-electron chi connectivity index (χ0n) is 18.9. The molecule has 0 aliphatic carbocycles. The van der Waals surface area contributed by atoms with Crippen LogP contribution < -0.4 is 10.2 Å². The highest BCUT2D eigenvalue weighted by molar-refractivity contribution is 6.07. The summed E-state index contributed by atoms with van der Waals surface area (Å²) in [6, 6.07) is 10.5. The van der Waals surface area contributed by atoms with Gasteiger partial charge < -0.3 is 19.4 Å². The Morgan fingerprint density at radius 3 is 2.55 bits per heavy atom. The van der Waals surface area contributed by atoms with Crippen molar-refractivity contribution in [3.8, 4) is 0 Å². The summed E-state index contributed by atoms with van der Waals surface area (Å²) >= 11 is 0. The maximum atomic E-state index is 12.5. The van der Waals surface area contributed by atoms with Crippen molar-refractivity contribution in [3.63, 3.8) is 0 Å². The first-order valence-corrected chi connectivity index (χ1v) is 11.0. The van der Waals surface area contributed by atoms with E-state index in [1.165, 1.54) is 5.69 Å². The van der Waals surface area contributed by atoms with E-state index in [0.717, 1.165) is 32.4 Å². The van der Waals surface area contributed by atoms with E-state index in [-0.39, 0.29) is 0 Å². The van der Waals surface area contributed by atoms with E-state index in [2.05, 4.69) is 51.4 Å². The van der Waals surface area contributed by atoms with Gasteiger partial charge in [-0.2, -0.15) is 4.98 Å². The summed E-state index contributed by atoms with van der Waals surface area (Å²) in [6.45, 7) is 10.5. The molecule has 166 valence electrons. The Labute approximate surface area is 183 Å². The lowest BCUT2D eigenvalue weighted by atomic mass is 10.2. The van der Waals surface area contributed by atoms with E-state index in [9.17, 15) is 4.79 Å². The Morgan fingerprint density at radius 1 is 1.10 bits per heavy atom. The molecule has 1 aromatic carbocycles. The highest BCUT2D eigenvalue weighted by Gasteiger charge is 2.24. The molecule has 3 rings (SSSR count). The number of benzene rings is 1. The third kappa shape index (κ3) is 5.54. The molecule has 0 unspecified atom stereocenters. The Morgan fingerprint density at radius 2 is 1.84 bits per heavy atom. The molecular formula is C24H32N4O3. The minimum Gasteiger partial charge on any atom is -0.462 e. The number of nitrogens with one attached hydrogen (secondary N) is 1. The molecule has 1 N–H and O–H groups in total. The lowest BCUT2D eigenvalue weighted by molar-refractivity contribution is 0.0526. The van der Waals surface area contributed by atoms with Crippen LogP contribution in [0, 0.1) is 13.8 Å². The van der Waals surface area contributed by atoms with E-state index in [1.807, 2.05) is 13.0 Å². The van der Waals surface area contributed by atoms with Crippen molar-refractivity contribution in [2.24, 2.45) is 0 Å². The predicted molar refractivity (Wildman–Crippen MR) is 124 cm³/mol. The zero-order chi connectivity index (χ0) is 22.2. The SMILES string of the molecule is CCCCN(CCCNc1nc(C)nc2oc(C)c(C(=O)OCC)c12)c1ccccc1. The number of aryl methyl sites for hydroxylation is 2. The van der Waals surface area contributed by atoms with Crippen molar-refractivity contribution in [1.29, 1.82) is 0 Å². The molecule has 0 aliphatic heterocycles. The first-order valence-electron chi connectivity index (χ1n) is 11.0. The molecule has 31 heavy (non-hydrogen) atoms. The van der Waals surface area contributed by atoms with E-state index in [1.54, 1.807) is 13.8 Å². The van der Waals surface area contributed by atoms with Crippen LogP contribution in [-0.4, -0.2) is 42.2 Å². The molecule has 0 saturated heterocycles. The average molecular weight is 425 g/mol. The van der Waals surface area contributed by atoms with Gasteiger partial charge in [-0.3, -0.25) is 0 Å². The number of carbonyl (C=O) groups is 1. The average Bonchev–Trinajstić information content (AvgIpc) is 3.09. The maximum absolute atomic E-state index is 12.5. The molecule has 0 atom stereocenters. The highest BCUT2D eigenvalue weighted by Crippen LogP contribution is 2.30. The summed E-state index contributed by atoms with van der Waals surface area (Å²) in [5.74, 6) is 1.28. The van der Waals surface area contributed by atoms with Crippen molar-refractivity contribution < 1.29 is 13.9 Å². The van der Waals surface area contributed by atoms with Gasteiger partial charge >= 0.3 is 5.97 Å². The fourth-order valence-electron chi connectivity index (χ4n) is 3.63. The first kappa shape index (κ1) is 22.6. The van der Waals surface area contributed by atoms with Crippen LogP contribution >= 0.6 is 0 Å². The molecule has 0 fully saturated rings. The number of unbranched alkanes of at least 4 members (excludes halogenated alkanes) is 1. The van der Waals surface area contributed by atoms with Crippen molar-refractivity contribution in [3.05, 3.63) is 47.5 Å².